The second-order valence-corrected chi connectivity index (χ2v) is 6.19. The van der Waals surface area contributed by atoms with Gasteiger partial charge >= 0.3 is 0 Å². The number of ketones is 1. The maximum absolute atomic E-state index is 12.0. The molecule has 0 atom stereocenters. The number of rotatable bonds is 4. The molecule has 2 aromatic carbocycles. The number of aryl methyl sites for hydroxylation is 1. The first-order valence-electron chi connectivity index (χ1n) is 6.71. The quantitative estimate of drug-likeness (QED) is 0.416. The second kappa shape index (κ2) is 6.38. The van der Waals surface area contributed by atoms with Crippen LogP contribution in [0.2, 0.25) is 5.02 Å². The molecule has 0 fully saturated rings. The fourth-order valence-electron chi connectivity index (χ4n) is 2.03. The summed E-state index contributed by atoms with van der Waals surface area (Å²) < 4.78 is 0. The zero-order valence-electron chi connectivity index (χ0n) is 11.8. The summed E-state index contributed by atoms with van der Waals surface area (Å²) in [5, 5.41) is 3.12. The molecule has 0 saturated heterocycles. The van der Waals surface area contributed by atoms with E-state index in [1.807, 2.05) is 19.1 Å². The van der Waals surface area contributed by atoms with Gasteiger partial charge in [-0.2, -0.15) is 0 Å². The number of fused-ring (bicyclic) bond motifs is 1. The summed E-state index contributed by atoms with van der Waals surface area (Å²) in [5.41, 5.74) is 3.72. The Morgan fingerprint density at radius 1 is 1.23 bits per heavy atom. The monoisotopic (exact) mass is 328 g/mol. The highest BCUT2D eigenvalue weighted by molar-refractivity contribution is 8.02. The van der Waals surface area contributed by atoms with E-state index >= 15 is 0 Å². The number of imidazole rings is 1. The number of H-pyrrole nitrogens is 1. The summed E-state index contributed by atoms with van der Waals surface area (Å²) in [5.74, 6) is -0.0591. The van der Waals surface area contributed by atoms with Crippen molar-refractivity contribution in [3.63, 3.8) is 0 Å². The van der Waals surface area contributed by atoms with Crippen LogP contribution in [-0.2, 0) is 0 Å². The van der Waals surface area contributed by atoms with E-state index in [2.05, 4.69) is 16.0 Å². The molecule has 0 bridgehead atoms. The van der Waals surface area contributed by atoms with Crippen molar-refractivity contribution in [2.45, 2.75) is 12.1 Å². The number of thioether (sulfide) groups is 1. The van der Waals surface area contributed by atoms with Crippen LogP contribution in [0.4, 0.5) is 0 Å². The minimum Gasteiger partial charge on any atom is -0.333 e. The third-order valence-electron chi connectivity index (χ3n) is 3.14. The van der Waals surface area contributed by atoms with E-state index in [-0.39, 0.29) is 5.78 Å². The van der Waals surface area contributed by atoms with Crippen molar-refractivity contribution in [1.29, 1.82) is 0 Å². The van der Waals surface area contributed by atoms with Gasteiger partial charge in [-0.05, 0) is 60.4 Å². The lowest BCUT2D eigenvalue weighted by atomic mass is 10.1. The third-order valence-corrected chi connectivity index (χ3v) is 4.08. The number of nitrogens with one attached hydrogen (secondary N) is 1. The van der Waals surface area contributed by atoms with E-state index in [0.29, 0.717) is 10.6 Å². The van der Waals surface area contributed by atoms with Crippen molar-refractivity contribution in [2.24, 2.45) is 0 Å². The van der Waals surface area contributed by atoms with Crippen molar-refractivity contribution in [3.05, 3.63) is 70.1 Å². The highest BCUT2D eigenvalue weighted by atomic mass is 35.5. The van der Waals surface area contributed by atoms with Crippen molar-refractivity contribution >= 4 is 40.2 Å². The number of nitrogens with zero attached hydrogens (tertiary/aromatic N) is 1. The molecular formula is C17H13ClN2OS. The van der Waals surface area contributed by atoms with Gasteiger partial charge in [-0.15, -0.1) is 0 Å². The molecule has 110 valence electrons. The molecule has 0 spiro atoms. The molecule has 3 nitrogen and oxygen atoms in total. The molecule has 0 aliphatic carbocycles. The SMILES string of the molecule is Cc1ccc2nc(S/C=C/C(=O)c3ccc(Cl)cc3)[nH]c2c1. The predicted octanol–water partition coefficient (Wildman–Crippen LogP) is 5.01. The summed E-state index contributed by atoms with van der Waals surface area (Å²) in [6, 6.07) is 12.9. The molecular weight excluding hydrogens is 316 g/mol. The van der Waals surface area contributed by atoms with E-state index in [0.717, 1.165) is 16.2 Å². The van der Waals surface area contributed by atoms with Crippen molar-refractivity contribution in [2.75, 3.05) is 0 Å². The molecule has 0 saturated carbocycles. The fourth-order valence-corrected chi connectivity index (χ4v) is 2.79. The third kappa shape index (κ3) is 3.40. The maximum atomic E-state index is 12.0. The van der Waals surface area contributed by atoms with Crippen LogP contribution < -0.4 is 0 Å². The molecule has 22 heavy (non-hydrogen) atoms. The van der Waals surface area contributed by atoms with Gasteiger partial charge in [0.05, 0.1) is 11.0 Å². The highest BCUT2D eigenvalue weighted by Gasteiger charge is 2.03. The second-order valence-electron chi connectivity index (χ2n) is 4.85. The topological polar surface area (TPSA) is 45.8 Å². The fraction of sp³-hybridized carbons (Fsp3) is 0.0588. The Kier molecular flexibility index (Phi) is 4.32. The van der Waals surface area contributed by atoms with Crippen LogP contribution in [0.3, 0.4) is 0 Å². The Balaban J connectivity index is 1.70. The molecule has 1 N–H and O–H groups in total. The van der Waals surface area contributed by atoms with E-state index in [4.69, 9.17) is 11.6 Å². The van der Waals surface area contributed by atoms with Crippen LogP contribution >= 0.6 is 23.4 Å². The summed E-state index contributed by atoms with van der Waals surface area (Å²) in [7, 11) is 0. The van der Waals surface area contributed by atoms with Gasteiger partial charge in [0.15, 0.2) is 10.9 Å². The Labute approximate surface area is 137 Å². The standard InChI is InChI=1S/C17H13ClN2OS/c1-11-2-7-14-15(10-11)20-17(19-14)22-9-8-16(21)12-3-5-13(18)6-4-12/h2-10H,1H3,(H,19,20)/b9-8+. The lowest BCUT2D eigenvalue weighted by Gasteiger charge is -1.95. The molecule has 5 heteroatoms. The highest BCUT2D eigenvalue weighted by Crippen LogP contribution is 2.21. The minimum absolute atomic E-state index is 0.0591. The first kappa shape index (κ1) is 14.9. The average molecular weight is 329 g/mol. The number of hydrogen-bond donors (Lipinski definition) is 1. The molecule has 0 unspecified atom stereocenters. The maximum Gasteiger partial charge on any atom is 0.186 e. The number of allylic oxidation sites excluding steroid dienone is 1. The van der Waals surface area contributed by atoms with E-state index in [1.165, 1.54) is 23.4 Å². The number of benzene rings is 2. The number of hydrogen-bond acceptors (Lipinski definition) is 3. The normalized spacial score (nSPS) is 11.4. The lowest BCUT2D eigenvalue weighted by molar-refractivity contribution is 0.104. The van der Waals surface area contributed by atoms with Gasteiger partial charge in [0.1, 0.15) is 0 Å². The summed E-state index contributed by atoms with van der Waals surface area (Å²) in [6.07, 6.45) is 1.53. The van der Waals surface area contributed by atoms with E-state index < -0.39 is 0 Å². The first-order valence-corrected chi connectivity index (χ1v) is 7.97. The lowest BCUT2D eigenvalue weighted by Crippen LogP contribution is -1.92. The van der Waals surface area contributed by atoms with Crippen molar-refractivity contribution in [3.8, 4) is 0 Å². The molecule has 1 aromatic heterocycles. The molecule has 3 rings (SSSR count). The smallest absolute Gasteiger partial charge is 0.186 e. The van der Waals surface area contributed by atoms with Crippen LogP contribution in [0.1, 0.15) is 15.9 Å². The van der Waals surface area contributed by atoms with Gasteiger partial charge in [0, 0.05) is 10.6 Å². The summed E-state index contributed by atoms with van der Waals surface area (Å²) >= 11 is 7.19. The summed E-state index contributed by atoms with van der Waals surface area (Å²) in [4.78, 5) is 19.7. The summed E-state index contributed by atoms with van der Waals surface area (Å²) in [6.45, 7) is 2.04. The van der Waals surface area contributed by atoms with Gasteiger partial charge in [0.2, 0.25) is 0 Å². The molecule has 0 radical (unpaired) electrons. The Morgan fingerprint density at radius 2 is 2.00 bits per heavy atom. The molecule has 0 aliphatic rings. The van der Waals surface area contributed by atoms with Gasteiger partial charge < -0.3 is 4.98 Å². The molecule has 3 aromatic rings. The Bertz CT molecular complexity index is 853. The number of halogens is 1. The van der Waals surface area contributed by atoms with Crippen LogP contribution in [0, 0.1) is 6.92 Å². The van der Waals surface area contributed by atoms with Crippen LogP contribution in [0.15, 0.2) is 59.1 Å². The van der Waals surface area contributed by atoms with Gasteiger partial charge in [-0.1, -0.05) is 29.4 Å². The van der Waals surface area contributed by atoms with Crippen molar-refractivity contribution in [1.82, 2.24) is 9.97 Å². The first-order chi connectivity index (χ1) is 10.6. The Hall–Kier alpha value is -2.04. The minimum atomic E-state index is -0.0591. The van der Waals surface area contributed by atoms with E-state index in [1.54, 1.807) is 29.7 Å². The average Bonchev–Trinajstić information content (AvgIpc) is 2.89. The van der Waals surface area contributed by atoms with Crippen LogP contribution in [0.25, 0.3) is 11.0 Å². The zero-order chi connectivity index (χ0) is 15.5. The zero-order valence-corrected chi connectivity index (χ0v) is 13.4. The van der Waals surface area contributed by atoms with Gasteiger partial charge in [-0.25, -0.2) is 4.98 Å². The number of carbonyl (C=O) groups is 1. The number of carbonyl (C=O) groups excluding carboxylic acids is 1. The van der Waals surface area contributed by atoms with Gasteiger partial charge in [-0.3, -0.25) is 4.79 Å². The number of aromatic amines is 1. The Morgan fingerprint density at radius 3 is 2.77 bits per heavy atom. The molecule has 1 heterocycles. The largest absolute Gasteiger partial charge is 0.333 e. The van der Waals surface area contributed by atoms with Crippen LogP contribution in [-0.4, -0.2) is 15.8 Å². The molecule has 0 amide bonds. The molecule has 0 aliphatic heterocycles. The van der Waals surface area contributed by atoms with Crippen molar-refractivity contribution < 1.29 is 4.79 Å². The van der Waals surface area contributed by atoms with Gasteiger partial charge in [0.25, 0.3) is 0 Å². The van der Waals surface area contributed by atoms with E-state index in [9.17, 15) is 4.79 Å². The predicted molar refractivity (Wildman–Crippen MR) is 91.6 cm³/mol. The van der Waals surface area contributed by atoms with Crippen LogP contribution in [0.5, 0.6) is 0 Å². The number of aromatic nitrogens is 2.